The van der Waals surface area contributed by atoms with Gasteiger partial charge in [-0.2, -0.15) is 5.10 Å². The molecule has 0 aliphatic rings. The first-order valence-electron chi connectivity index (χ1n) is 8.55. The van der Waals surface area contributed by atoms with E-state index in [0.717, 1.165) is 38.6 Å². The monoisotopic (exact) mass is 376 g/mol. The van der Waals surface area contributed by atoms with Crippen LogP contribution in [0, 0.1) is 0 Å². The van der Waals surface area contributed by atoms with Gasteiger partial charge in [0.2, 0.25) is 0 Å². The molecule has 0 radical (unpaired) electrons. The van der Waals surface area contributed by atoms with Crippen LogP contribution in [0.5, 0.6) is 0 Å². The summed E-state index contributed by atoms with van der Waals surface area (Å²) in [7, 11) is 5.90. The van der Waals surface area contributed by atoms with Crippen LogP contribution in [0.4, 0.5) is 11.5 Å². The fourth-order valence-electron chi connectivity index (χ4n) is 2.84. The number of hydrogen-bond acceptors (Lipinski definition) is 6. The van der Waals surface area contributed by atoms with Gasteiger partial charge in [0.25, 0.3) is 0 Å². The Labute approximate surface area is 162 Å². The van der Waals surface area contributed by atoms with Gasteiger partial charge in [-0.1, -0.05) is 12.1 Å². The minimum Gasteiger partial charge on any atom is -0.363 e. The summed E-state index contributed by atoms with van der Waals surface area (Å²) < 4.78 is 5.29. The molecule has 1 N–H and O–H groups in total. The van der Waals surface area contributed by atoms with Crippen LogP contribution in [-0.2, 0) is 7.05 Å². The highest BCUT2D eigenvalue weighted by Crippen LogP contribution is 2.28. The van der Waals surface area contributed by atoms with Crippen LogP contribution in [-0.4, -0.2) is 33.8 Å². The molecule has 0 atom stereocenters. The molecule has 0 saturated carbocycles. The number of nitrogens with one attached hydrogen (secondary N) is 1. The lowest BCUT2D eigenvalue weighted by Gasteiger charge is -2.11. The van der Waals surface area contributed by atoms with Crippen molar-refractivity contribution in [1.82, 2.24) is 19.7 Å². The summed E-state index contributed by atoms with van der Waals surface area (Å²) in [5.74, 6) is 0.930. The number of nitrogens with zero attached hydrogens (tertiary/aromatic N) is 5. The van der Waals surface area contributed by atoms with E-state index in [9.17, 15) is 0 Å². The molecule has 3 aromatic heterocycles. The van der Waals surface area contributed by atoms with E-state index in [4.69, 9.17) is 0 Å². The van der Waals surface area contributed by atoms with Gasteiger partial charge in [0, 0.05) is 49.4 Å². The molecule has 0 fully saturated rings. The second-order valence-corrected chi connectivity index (χ2v) is 7.27. The minimum absolute atomic E-state index is 0.908. The maximum Gasteiger partial charge on any atom is 0.127 e. The van der Waals surface area contributed by atoms with Crippen LogP contribution >= 0.6 is 11.9 Å². The molecule has 27 heavy (non-hydrogen) atoms. The van der Waals surface area contributed by atoms with Crippen LogP contribution in [0.15, 0.2) is 66.0 Å². The van der Waals surface area contributed by atoms with Gasteiger partial charge in [-0.15, -0.1) is 0 Å². The number of pyridine rings is 2. The van der Waals surface area contributed by atoms with Crippen molar-refractivity contribution in [3.63, 3.8) is 0 Å². The molecule has 0 unspecified atom stereocenters. The van der Waals surface area contributed by atoms with Crippen LogP contribution in [0.2, 0.25) is 0 Å². The number of fused-ring (bicyclic) bond motifs is 1. The molecule has 136 valence electrons. The van der Waals surface area contributed by atoms with Gasteiger partial charge >= 0.3 is 0 Å². The fourth-order valence-corrected chi connectivity index (χ4v) is 3.48. The van der Waals surface area contributed by atoms with Gasteiger partial charge in [0.1, 0.15) is 5.82 Å². The first-order valence-corrected chi connectivity index (χ1v) is 9.37. The summed E-state index contributed by atoms with van der Waals surface area (Å²) in [6.45, 7) is 0. The average Bonchev–Trinajstić information content (AvgIpc) is 3.08. The van der Waals surface area contributed by atoms with Crippen molar-refractivity contribution in [2.75, 3.05) is 23.7 Å². The maximum atomic E-state index is 4.57. The van der Waals surface area contributed by atoms with E-state index in [1.807, 2.05) is 73.6 Å². The van der Waals surface area contributed by atoms with Crippen LogP contribution < -0.4 is 9.62 Å². The third kappa shape index (κ3) is 3.59. The predicted molar refractivity (Wildman–Crippen MR) is 112 cm³/mol. The molecule has 0 amide bonds. The zero-order valence-electron chi connectivity index (χ0n) is 15.4. The van der Waals surface area contributed by atoms with Crippen molar-refractivity contribution in [1.29, 1.82) is 0 Å². The zero-order chi connectivity index (χ0) is 18.8. The molecular formula is C20H20N6S. The van der Waals surface area contributed by atoms with Crippen molar-refractivity contribution >= 4 is 34.4 Å². The maximum absolute atomic E-state index is 4.57. The number of para-hydroxylation sites is 1. The van der Waals surface area contributed by atoms with E-state index < -0.39 is 0 Å². The van der Waals surface area contributed by atoms with Gasteiger partial charge in [-0.3, -0.25) is 9.67 Å². The fraction of sp³-hybridized carbons (Fsp3) is 0.150. The average molecular weight is 376 g/mol. The molecule has 0 saturated heterocycles. The van der Waals surface area contributed by atoms with Crippen LogP contribution in [0.25, 0.3) is 22.2 Å². The Morgan fingerprint density at radius 3 is 2.56 bits per heavy atom. The van der Waals surface area contributed by atoms with Gasteiger partial charge in [-0.25, -0.2) is 4.98 Å². The number of hydrogen-bond donors (Lipinski definition) is 1. The number of aromatic nitrogens is 4. The van der Waals surface area contributed by atoms with Gasteiger partial charge in [-0.05, 0) is 42.3 Å². The minimum atomic E-state index is 0.908. The second kappa shape index (κ2) is 7.28. The van der Waals surface area contributed by atoms with Crippen LogP contribution in [0.1, 0.15) is 0 Å². The Morgan fingerprint density at radius 2 is 1.85 bits per heavy atom. The molecule has 0 bridgehead atoms. The molecule has 4 aromatic rings. The highest BCUT2D eigenvalue weighted by molar-refractivity contribution is 8.00. The Bertz CT molecular complexity index is 1050. The summed E-state index contributed by atoms with van der Waals surface area (Å²) in [6.07, 6.45) is 5.60. The molecule has 3 heterocycles. The third-order valence-electron chi connectivity index (χ3n) is 4.28. The number of aryl methyl sites for hydroxylation is 1. The van der Waals surface area contributed by atoms with Crippen molar-refractivity contribution in [2.24, 2.45) is 7.05 Å². The van der Waals surface area contributed by atoms with E-state index in [1.54, 1.807) is 0 Å². The Hall–Kier alpha value is -3.06. The summed E-state index contributed by atoms with van der Waals surface area (Å²) in [4.78, 5) is 12.0. The van der Waals surface area contributed by atoms with Gasteiger partial charge in [0.05, 0.1) is 23.1 Å². The summed E-state index contributed by atoms with van der Waals surface area (Å²) in [5, 5.41) is 5.44. The topological polar surface area (TPSA) is 58.9 Å². The number of anilines is 2. The molecule has 7 heteroatoms. The first-order chi connectivity index (χ1) is 13.1. The summed E-state index contributed by atoms with van der Waals surface area (Å²) in [6, 6.07) is 14.2. The molecule has 6 nitrogen and oxygen atoms in total. The van der Waals surface area contributed by atoms with Crippen molar-refractivity contribution in [2.45, 2.75) is 4.90 Å². The van der Waals surface area contributed by atoms with E-state index >= 15 is 0 Å². The van der Waals surface area contributed by atoms with Crippen molar-refractivity contribution in [3.05, 3.63) is 61.1 Å². The SMILES string of the molecule is CN(C)c1ccc(-c2ccc(SNc3cccc4cnn(C)c34)cn2)cn1. The molecule has 1 aromatic carbocycles. The van der Waals surface area contributed by atoms with Crippen LogP contribution in [0.3, 0.4) is 0 Å². The standard InChI is InChI=1S/C20H20N6S/c1-25(2)19-10-7-14(11-22-19)17-9-8-16(13-21-17)27-24-18-6-4-5-15-12-23-26(3)20(15)18/h4-13,24H,1-3H3. The third-order valence-corrected chi connectivity index (χ3v) is 5.08. The van der Waals surface area contributed by atoms with E-state index in [1.165, 1.54) is 11.9 Å². The predicted octanol–water partition coefficient (Wildman–Crippen LogP) is 4.22. The molecular weight excluding hydrogens is 356 g/mol. The molecule has 0 aliphatic carbocycles. The molecule has 0 spiro atoms. The van der Waals surface area contributed by atoms with E-state index in [2.05, 4.69) is 38.0 Å². The second-order valence-electron chi connectivity index (χ2n) is 6.39. The highest BCUT2D eigenvalue weighted by atomic mass is 32.2. The van der Waals surface area contributed by atoms with E-state index in [-0.39, 0.29) is 0 Å². The highest BCUT2D eigenvalue weighted by Gasteiger charge is 2.07. The normalized spacial score (nSPS) is 10.9. The largest absolute Gasteiger partial charge is 0.363 e. The van der Waals surface area contributed by atoms with E-state index in [0.29, 0.717) is 0 Å². The first kappa shape index (κ1) is 17.4. The van der Waals surface area contributed by atoms with Crippen molar-refractivity contribution < 1.29 is 0 Å². The summed E-state index contributed by atoms with van der Waals surface area (Å²) in [5.41, 5.74) is 4.03. The Balaban J connectivity index is 1.48. The Morgan fingerprint density at radius 1 is 0.963 bits per heavy atom. The Kier molecular flexibility index (Phi) is 4.68. The number of benzene rings is 1. The quantitative estimate of drug-likeness (QED) is 0.527. The molecule has 4 rings (SSSR count). The lowest BCUT2D eigenvalue weighted by molar-refractivity contribution is 0.798. The lowest BCUT2D eigenvalue weighted by Crippen LogP contribution is -2.10. The number of rotatable bonds is 5. The van der Waals surface area contributed by atoms with Crippen molar-refractivity contribution in [3.8, 4) is 11.3 Å². The van der Waals surface area contributed by atoms with Gasteiger partial charge in [0.15, 0.2) is 0 Å². The smallest absolute Gasteiger partial charge is 0.127 e. The summed E-state index contributed by atoms with van der Waals surface area (Å²) >= 11 is 1.53. The lowest BCUT2D eigenvalue weighted by atomic mass is 10.2. The zero-order valence-corrected chi connectivity index (χ0v) is 16.2. The molecule has 0 aliphatic heterocycles. The van der Waals surface area contributed by atoms with Gasteiger partial charge < -0.3 is 9.62 Å².